The summed E-state index contributed by atoms with van der Waals surface area (Å²) in [6.45, 7) is 4.41. The number of amides is 1. The number of hydrogen-bond donors (Lipinski definition) is 2. The zero-order valence-corrected chi connectivity index (χ0v) is 11.0. The van der Waals surface area contributed by atoms with E-state index in [1.165, 1.54) is 6.42 Å². The molecule has 2 aliphatic rings. The molecule has 17 heavy (non-hydrogen) atoms. The van der Waals surface area contributed by atoms with E-state index in [1.54, 1.807) is 0 Å². The molecule has 1 atom stereocenters. The van der Waals surface area contributed by atoms with Crippen LogP contribution in [0.5, 0.6) is 0 Å². The number of aliphatic hydroxyl groups excluding tert-OH is 1. The number of nitrogens with one attached hydrogen (secondary N) is 1. The molecule has 2 rings (SSSR count). The average Bonchev–Trinajstić information content (AvgIpc) is 2.61. The van der Waals surface area contributed by atoms with Crippen LogP contribution in [0.2, 0.25) is 0 Å². The van der Waals surface area contributed by atoms with Crippen LogP contribution in [-0.4, -0.2) is 23.2 Å². The Bertz CT molecular complexity index is 280. The molecule has 0 saturated heterocycles. The zero-order chi connectivity index (χ0) is 12.5. The van der Waals surface area contributed by atoms with Crippen LogP contribution in [0.15, 0.2) is 0 Å². The van der Waals surface area contributed by atoms with E-state index in [0.29, 0.717) is 6.04 Å². The number of carbonyl (C=O) groups excluding carboxylic acids is 1. The third kappa shape index (κ3) is 3.01. The Kier molecular flexibility index (Phi) is 3.76. The van der Waals surface area contributed by atoms with E-state index < -0.39 is 0 Å². The lowest BCUT2D eigenvalue weighted by atomic mass is 9.81. The summed E-state index contributed by atoms with van der Waals surface area (Å²) in [5.74, 6) is 0.434. The summed E-state index contributed by atoms with van der Waals surface area (Å²) in [6, 6.07) is 0.294. The topological polar surface area (TPSA) is 49.3 Å². The van der Waals surface area contributed by atoms with Gasteiger partial charge >= 0.3 is 0 Å². The zero-order valence-electron chi connectivity index (χ0n) is 11.0. The first kappa shape index (κ1) is 12.9. The molecule has 2 aliphatic carbocycles. The van der Waals surface area contributed by atoms with E-state index in [1.807, 2.05) is 0 Å². The molecule has 0 radical (unpaired) electrons. The summed E-state index contributed by atoms with van der Waals surface area (Å²) in [6.07, 6.45) is 6.75. The molecule has 0 aromatic heterocycles. The minimum absolute atomic E-state index is 0.147. The molecule has 2 saturated carbocycles. The van der Waals surface area contributed by atoms with Gasteiger partial charge in [0.2, 0.25) is 5.91 Å². The molecule has 3 nitrogen and oxygen atoms in total. The SMILES string of the molecule is CC1(C)CCCC1C(=O)NC1CCC(O)CC1. The maximum absolute atomic E-state index is 12.2. The minimum atomic E-state index is -0.147. The number of rotatable bonds is 2. The Morgan fingerprint density at radius 2 is 1.82 bits per heavy atom. The fourth-order valence-corrected chi connectivity index (χ4v) is 3.33. The predicted molar refractivity (Wildman–Crippen MR) is 67.5 cm³/mol. The van der Waals surface area contributed by atoms with Gasteiger partial charge in [0.1, 0.15) is 0 Å². The van der Waals surface area contributed by atoms with Crippen LogP contribution in [-0.2, 0) is 4.79 Å². The predicted octanol–water partition coefficient (Wildman–Crippen LogP) is 2.23. The lowest BCUT2D eigenvalue weighted by molar-refractivity contribution is -0.128. The van der Waals surface area contributed by atoms with Crippen molar-refractivity contribution in [1.29, 1.82) is 0 Å². The van der Waals surface area contributed by atoms with E-state index in [9.17, 15) is 9.90 Å². The van der Waals surface area contributed by atoms with Crippen LogP contribution < -0.4 is 5.32 Å². The lowest BCUT2D eigenvalue weighted by Crippen LogP contribution is -2.43. The van der Waals surface area contributed by atoms with Gasteiger partial charge in [-0.25, -0.2) is 0 Å². The molecule has 0 aromatic carbocycles. The number of carbonyl (C=O) groups is 1. The van der Waals surface area contributed by atoms with Crippen LogP contribution in [0.4, 0.5) is 0 Å². The number of hydrogen-bond acceptors (Lipinski definition) is 2. The molecule has 0 heterocycles. The average molecular weight is 239 g/mol. The molecule has 1 unspecified atom stereocenters. The Balaban J connectivity index is 1.85. The van der Waals surface area contributed by atoms with Gasteiger partial charge in [0.15, 0.2) is 0 Å². The van der Waals surface area contributed by atoms with Gasteiger partial charge in [-0.2, -0.15) is 0 Å². The van der Waals surface area contributed by atoms with Gasteiger partial charge in [-0.15, -0.1) is 0 Å². The highest BCUT2D eigenvalue weighted by Crippen LogP contribution is 2.42. The van der Waals surface area contributed by atoms with Crippen molar-refractivity contribution in [3.8, 4) is 0 Å². The van der Waals surface area contributed by atoms with Crippen LogP contribution in [0.3, 0.4) is 0 Å². The Hall–Kier alpha value is -0.570. The summed E-state index contributed by atoms with van der Waals surface area (Å²) < 4.78 is 0. The molecular weight excluding hydrogens is 214 g/mol. The van der Waals surface area contributed by atoms with Crippen LogP contribution in [0, 0.1) is 11.3 Å². The van der Waals surface area contributed by atoms with Crippen molar-refractivity contribution in [2.24, 2.45) is 11.3 Å². The van der Waals surface area contributed by atoms with Gasteiger partial charge in [-0.1, -0.05) is 20.3 Å². The van der Waals surface area contributed by atoms with Gasteiger partial charge in [-0.3, -0.25) is 4.79 Å². The van der Waals surface area contributed by atoms with E-state index in [-0.39, 0.29) is 23.3 Å². The Morgan fingerprint density at radius 1 is 1.18 bits per heavy atom. The highest BCUT2D eigenvalue weighted by Gasteiger charge is 2.39. The normalized spacial score (nSPS) is 36.8. The fourth-order valence-electron chi connectivity index (χ4n) is 3.33. The van der Waals surface area contributed by atoms with Crippen molar-refractivity contribution in [3.63, 3.8) is 0 Å². The Labute approximate surface area is 104 Å². The van der Waals surface area contributed by atoms with Crippen molar-refractivity contribution in [3.05, 3.63) is 0 Å². The van der Waals surface area contributed by atoms with Crippen molar-refractivity contribution >= 4 is 5.91 Å². The maximum atomic E-state index is 12.2. The molecule has 0 aromatic rings. The summed E-state index contributed by atoms with van der Waals surface area (Å²) in [5.41, 5.74) is 0.165. The number of aliphatic hydroxyl groups is 1. The Morgan fingerprint density at radius 3 is 2.35 bits per heavy atom. The van der Waals surface area contributed by atoms with Gasteiger partial charge < -0.3 is 10.4 Å². The van der Waals surface area contributed by atoms with Crippen molar-refractivity contribution in [2.45, 2.75) is 70.9 Å². The highest BCUT2D eigenvalue weighted by molar-refractivity contribution is 5.80. The second-order valence-corrected chi connectivity index (χ2v) is 6.45. The van der Waals surface area contributed by atoms with Crippen molar-refractivity contribution in [1.82, 2.24) is 5.32 Å². The van der Waals surface area contributed by atoms with E-state index >= 15 is 0 Å². The first-order chi connectivity index (χ1) is 7.99. The summed E-state index contributed by atoms with van der Waals surface area (Å²) in [7, 11) is 0. The van der Waals surface area contributed by atoms with Crippen molar-refractivity contribution in [2.75, 3.05) is 0 Å². The van der Waals surface area contributed by atoms with Gasteiger partial charge in [0.25, 0.3) is 0 Å². The second-order valence-electron chi connectivity index (χ2n) is 6.45. The quantitative estimate of drug-likeness (QED) is 0.776. The molecule has 1 amide bonds. The van der Waals surface area contributed by atoms with Crippen molar-refractivity contribution < 1.29 is 9.90 Å². The third-order valence-electron chi connectivity index (χ3n) is 4.62. The minimum Gasteiger partial charge on any atom is -0.393 e. The second kappa shape index (κ2) is 4.97. The molecule has 0 bridgehead atoms. The fraction of sp³-hybridized carbons (Fsp3) is 0.929. The largest absolute Gasteiger partial charge is 0.393 e. The summed E-state index contributed by atoms with van der Waals surface area (Å²) in [5, 5.41) is 12.6. The molecule has 0 aliphatic heterocycles. The van der Waals surface area contributed by atoms with Gasteiger partial charge in [0.05, 0.1) is 6.10 Å². The van der Waals surface area contributed by atoms with E-state index in [4.69, 9.17) is 0 Å². The lowest BCUT2D eigenvalue weighted by Gasteiger charge is -2.31. The monoisotopic (exact) mass is 239 g/mol. The molecule has 2 N–H and O–H groups in total. The molecule has 2 fully saturated rings. The van der Waals surface area contributed by atoms with Crippen LogP contribution in [0.25, 0.3) is 0 Å². The van der Waals surface area contributed by atoms with E-state index in [2.05, 4.69) is 19.2 Å². The molecule has 0 spiro atoms. The first-order valence-corrected chi connectivity index (χ1v) is 6.97. The standard InChI is InChI=1S/C14H25NO2/c1-14(2)9-3-4-12(14)13(17)15-10-5-7-11(16)8-6-10/h10-12,16H,3-9H2,1-2H3,(H,15,17). The van der Waals surface area contributed by atoms with Gasteiger partial charge in [0, 0.05) is 12.0 Å². The van der Waals surface area contributed by atoms with Crippen LogP contribution >= 0.6 is 0 Å². The third-order valence-corrected chi connectivity index (χ3v) is 4.62. The first-order valence-electron chi connectivity index (χ1n) is 6.97. The summed E-state index contributed by atoms with van der Waals surface area (Å²) in [4.78, 5) is 12.2. The molecule has 98 valence electrons. The van der Waals surface area contributed by atoms with E-state index in [0.717, 1.165) is 38.5 Å². The summed E-state index contributed by atoms with van der Waals surface area (Å²) >= 11 is 0. The maximum Gasteiger partial charge on any atom is 0.223 e. The smallest absolute Gasteiger partial charge is 0.223 e. The van der Waals surface area contributed by atoms with Gasteiger partial charge in [-0.05, 0) is 43.9 Å². The van der Waals surface area contributed by atoms with Crippen LogP contribution in [0.1, 0.15) is 58.8 Å². The highest BCUT2D eigenvalue weighted by atomic mass is 16.3. The molecular formula is C14H25NO2. The molecule has 3 heteroatoms.